The molecule has 1 aromatic heterocycles. The van der Waals surface area contributed by atoms with Crippen LogP contribution in [0.25, 0.3) is 0 Å². The molecule has 2 nitrogen and oxygen atoms in total. The second-order valence-corrected chi connectivity index (χ2v) is 4.03. The molecule has 0 bridgehead atoms. The summed E-state index contributed by atoms with van der Waals surface area (Å²) >= 11 is 0. The van der Waals surface area contributed by atoms with Gasteiger partial charge < -0.3 is 5.32 Å². The average Bonchev–Trinajstić information content (AvgIpc) is 2.52. The van der Waals surface area contributed by atoms with Gasteiger partial charge in [0.15, 0.2) is 0 Å². The van der Waals surface area contributed by atoms with Crippen LogP contribution in [0.1, 0.15) is 26.2 Å². The highest BCUT2D eigenvalue weighted by Gasteiger charge is 2.22. The summed E-state index contributed by atoms with van der Waals surface area (Å²) in [5.41, 5.74) is 0.844. The molecule has 0 aliphatic heterocycles. The topological polar surface area (TPSA) is 24.9 Å². The highest BCUT2D eigenvalue weighted by atomic mass is 19.1. The highest BCUT2D eigenvalue weighted by Crippen LogP contribution is 2.27. The Labute approximate surface area is 83.6 Å². The Kier molecular flexibility index (Phi) is 2.66. The number of hydrogen-bond acceptors (Lipinski definition) is 2. The van der Waals surface area contributed by atoms with Crippen LogP contribution in [0.5, 0.6) is 0 Å². The van der Waals surface area contributed by atoms with E-state index >= 15 is 0 Å². The predicted molar refractivity (Wildman–Crippen MR) is 54.6 cm³/mol. The largest absolute Gasteiger partial charge is 0.382 e. The first-order chi connectivity index (χ1) is 6.75. The van der Waals surface area contributed by atoms with Gasteiger partial charge in [-0.2, -0.15) is 4.39 Å². The molecule has 1 heterocycles. The van der Waals surface area contributed by atoms with Crippen molar-refractivity contribution in [3.63, 3.8) is 0 Å². The Morgan fingerprint density at radius 2 is 2.36 bits per heavy atom. The van der Waals surface area contributed by atoms with Crippen LogP contribution in [0.4, 0.5) is 10.1 Å². The number of aromatic nitrogens is 1. The summed E-state index contributed by atoms with van der Waals surface area (Å²) in [6, 6.07) is 3.76. The zero-order valence-electron chi connectivity index (χ0n) is 8.33. The summed E-state index contributed by atoms with van der Waals surface area (Å²) in [5.74, 6) is 0.270. The molecule has 1 aliphatic rings. The molecule has 0 radical (unpaired) electrons. The van der Waals surface area contributed by atoms with Crippen LogP contribution in [0.2, 0.25) is 0 Å². The molecule has 76 valence electrons. The van der Waals surface area contributed by atoms with E-state index in [4.69, 9.17) is 0 Å². The standard InChI is InChI=1S/C11H15FN2/c1-8-3-2-4-10(8)14-9-5-6-13-11(12)7-9/h5-8,10H,2-4H2,1H3,(H,13,14). The summed E-state index contributed by atoms with van der Waals surface area (Å²) in [7, 11) is 0. The number of rotatable bonds is 2. The molecular weight excluding hydrogens is 179 g/mol. The Bertz CT molecular complexity index is 314. The number of pyridine rings is 1. The molecule has 1 saturated carbocycles. The number of anilines is 1. The quantitative estimate of drug-likeness (QED) is 0.732. The lowest BCUT2D eigenvalue weighted by molar-refractivity contribution is 0.553. The molecule has 0 saturated heterocycles. The van der Waals surface area contributed by atoms with Crippen LogP contribution >= 0.6 is 0 Å². The van der Waals surface area contributed by atoms with E-state index < -0.39 is 5.95 Å². The minimum absolute atomic E-state index is 0.416. The SMILES string of the molecule is CC1CCCC1Nc1ccnc(F)c1. The zero-order chi connectivity index (χ0) is 9.97. The molecule has 1 fully saturated rings. The third-order valence-corrected chi connectivity index (χ3v) is 2.94. The lowest BCUT2D eigenvalue weighted by Gasteiger charge is -2.18. The predicted octanol–water partition coefficient (Wildman–Crippen LogP) is 2.82. The fraction of sp³-hybridized carbons (Fsp3) is 0.545. The maximum Gasteiger partial charge on any atom is 0.214 e. The van der Waals surface area contributed by atoms with Crippen molar-refractivity contribution in [1.29, 1.82) is 0 Å². The van der Waals surface area contributed by atoms with Gasteiger partial charge in [-0.15, -0.1) is 0 Å². The Morgan fingerprint density at radius 3 is 3.00 bits per heavy atom. The normalized spacial score (nSPS) is 26.4. The second kappa shape index (κ2) is 3.95. The van der Waals surface area contributed by atoms with Crippen LogP contribution in [-0.2, 0) is 0 Å². The smallest absolute Gasteiger partial charge is 0.214 e. The van der Waals surface area contributed by atoms with Gasteiger partial charge in [0.05, 0.1) is 0 Å². The summed E-state index contributed by atoms with van der Waals surface area (Å²) < 4.78 is 12.8. The Morgan fingerprint density at radius 1 is 1.50 bits per heavy atom. The molecule has 2 atom stereocenters. The molecule has 0 spiro atoms. The van der Waals surface area contributed by atoms with Crippen molar-refractivity contribution in [3.05, 3.63) is 24.3 Å². The summed E-state index contributed by atoms with van der Waals surface area (Å²) in [4.78, 5) is 3.53. The van der Waals surface area contributed by atoms with E-state index in [9.17, 15) is 4.39 Å². The van der Waals surface area contributed by atoms with Crippen LogP contribution in [0, 0.1) is 11.9 Å². The monoisotopic (exact) mass is 194 g/mol. The van der Waals surface area contributed by atoms with Gasteiger partial charge in [-0.1, -0.05) is 13.3 Å². The van der Waals surface area contributed by atoms with Gasteiger partial charge in [-0.3, -0.25) is 0 Å². The zero-order valence-corrected chi connectivity index (χ0v) is 8.33. The maximum atomic E-state index is 12.8. The van der Waals surface area contributed by atoms with Crippen molar-refractivity contribution in [2.75, 3.05) is 5.32 Å². The fourth-order valence-electron chi connectivity index (χ4n) is 2.07. The third kappa shape index (κ3) is 2.03. The Hall–Kier alpha value is -1.12. The Balaban J connectivity index is 2.03. The first-order valence-corrected chi connectivity index (χ1v) is 5.14. The number of hydrogen-bond donors (Lipinski definition) is 1. The molecule has 1 N–H and O–H groups in total. The third-order valence-electron chi connectivity index (χ3n) is 2.94. The van der Waals surface area contributed by atoms with Gasteiger partial charge in [0.25, 0.3) is 0 Å². The van der Waals surface area contributed by atoms with E-state index in [1.54, 1.807) is 0 Å². The maximum absolute atomic E-state index is 12.8. The first-order valence-electron chi connectivity index (χ1n) is 5.14. The molecule has 1 aromatic rings. The van der Waals surface area contributed by atoms with Gasteiger partial charge in [0.1, 0.15) is 0 Å². The van der Waals surface area contributed by atoms with Crippen LogP contribution in [-0.4, -0.2) is 11.0 Å². The molecule has 1 aliphatic carbocycles. The summed E-state index contributed by atoms with van der Waals surface area (Å²) in [6.45, 7) is 2.24. The molecular formula is C11H15FN2. The van der Waals surface area contributed by atoms with Crippen molar-refractivity contribution in [3.8, 4) is 0 Å². The molecule has 14 heavy (non-hydrogen) atoms. The van der Waals surface area contributed by atoms with Gasteiger partial charge in [-0.05, 0) is 24.8 Å². The fourth-order valence-corrected chi connectivity index (χ4v) is 2.07. The number of nitrogens with zero attached hydrogens (tertiary/aromatic N) is 1. The van der Waals surface area contributed by atoms with E-state index in [0.717, 1.165) is 5.69 Å². The molecule has 2 rings (SSSR count). The average molecular weight is 194 g/mol. The minimum atomic E-state index is -0.416. The lowest BCUT2D eigenvalue weighted by atomic mass is 10.1. The van der Waals surface area contributed by atoms with E-state index in [0.29, 0.717) is 12.0 Å². The number of halogens is 1. The summed E-state index contributed by atoms with van der Waals surface area (Å²) in [5, 5.41) is 3.35. The molecule has 0 amide bonds. The van der Waals surface area contributed by atoms with Crippen LogP contribution in [0.15, 0.2) is 18.3 Å². The van der Waals surface area contributed by atoms with Gasteiger partial charge in [0, 0.05) is 24.0 Å². The van der Waals surface area contributed by atoms with Crippen molar-refractivity contribution in [2.24, 2.45) is 5.92 Å². The summed E-state index contributed by atoms with van der Waals surface area (Å²) in [6.07, 6.45) is 5.22. The van der Waals surface area contributed by atoms with E-state index in [1.807, 2.05) is 6.07 Å². The van der Waals surface area contributed by atoms with E-state index in [2.05, 4.69) is 17.2 Å². The first kappa shape index (κ1) is 9.44. The van der Waals surface area contributed by atoms with Crippen molar-refractivity contribution < 1.29 is 4.39 Å². The van der Waals surface area contributed by atoms with Crippen LogP contribution < -0.4 is 5.32 Å². The highest BCUT2D eigenvalue weighted by molar-refractivity contribution is 5.42. The minimum Gasteiger partial charge on any atom is -0.382 e. The van der Waals surface area contributed by atoms with Gasteiger partial charge in [0.2, 0.25) is 5.95 Å². The van der Waals surface area contributed by atoms with E-state index in [-0.39, 0.29) is 0 Å². The second-order valence-electron chi connectivity index (χ2n) is 4.03. The lowest BCUT2D eigenvalue weighted by Crippen LogP contribution is -2.21. The van der Waals surface area contributed by atoms with Crippen LogP contribution in [0.3, 0.4) is 0 Å². The molecule has 3 heteroatoms. The van der Waals surface area contributed by atoms with Gasteiger partial charge >= 0.3 is 0 Å². The van der Waals surface area contributed by atoms with E-state index in [1.165, 1.54) is 31.5 Å². The molecule has 2 unspecified atom stereocenters. The van der Waals surface area contributed by atoms with Crippen molar-refractivity contribution in [1.82, 2.24) is 4.98 Å². The molecule has 0 aromatic carbocycles. The van der Waals surface area contributed by atoms with Gasteiger partial charge in [-0.25, -0.2) is 4.98 Å². The van der Waals surface area contributed by atoms with Crippen molar-refractivity contribution >= 4 is 5.69 Å². The number of nitrogens with one attached hydrogen (secondary N) is 1. The van der Waals surface area contributed by atoms with Crippen molar-refractivity contribution in [2.45, 2.75) is 32.2 Å².